The van der Waals surface area contributed by atoms with Gasteiger partial charge in [-0.2, -0.15) is 0 Å². The van der Waals surface area contributed by atoms with Crippen LogP contribution in [0.4, 0.5) is 5.82 Å². The van der Waals surface area contributed by atoms with Gasteiger partial charge in [-0.15, -0.1) is 11.3 Å². The molecule has 0 saturated heterocycles. The second-order valence-electron chi connectivity index (χ2n) is 5.65. The molecular weight excluding hydrogens is 388 g/mol. The first-order valence-corrected chi connectivity index (χ1v) is 9.28. The van der Waals surface area contributed by atoms with Crippen molar-refractivity contribution in [3.8, 4) is 0 Å². The number of carboxylic acid groups (broad SMARTS) is 2. The molecule has 0 aromatic carbocycles. The number of thiophene rings is 1. The van der Waals surface area contributed by atoms with Crippen LogP contribution in [0.1, 0.15) is 16.3 Å². The van der Waals surface area contributed by atoms with Gasteiger partial charge in [0, 0.05) is 32.2 Å². The molecule has 0 amide bonds. The van der Waals surface area contributed by atoms with Crippen LogP contribution in [0.5, 0.6) is 0 Å². The summed E-state index contributed by atoms with van der Waals surface area (Å²) in [5, 5.41) is 22.6. The summed E-state index contributed by atoms with van der Waals surface area (Å²) < 4.78 is 10.1. The molecular formula is C17H26N4O6S. The van der Waals surface area contributed by atoms with Crippen LogP contribution in [0.3, 0.4) is 0 Å². The van der Waals surface area contributed by atoms with Crippen LogP contribution in [0.2, 0.25) is 0 Å². The Hall–Kier alpha value is -2.34. The first-order valence-electron chi connectivity index (χ1n) is 8.47. The van der Waals surface area contributed by atoms with Gasteiger partial charge in [-0.1, -0.05) is 0 Å². The van der Waals surface area contributed by atoms with Crippen molar-refractivity contribution in [3.05, 3.63) is 16.3 Å². The average Bonchev–Trinajstić information content (AvgIpc) is 2.93. The molecule has 0 aliphatic heterocycles. The highest BCUT2D eigenvalue weighted by molar-refractivity contribution is 7.18. The molecule has 2 aromatic rings. The minimum Gasteiger partial charge on any atom is -0.473 e. The molecule has 0 aliphatic carbocycles. The molecule has 2 heterocycles. The Morgan fingerprint density at radius 3 is 2.21 bits per heavy atom. The average molecular weight is 414 g/mol. The highest BCUT2D eigenvalue weighted by Crippen LogP contribution is 2.33. The van der Waals surface area contributed by atoms with Gasteiger partial charge in [0.05, 0.1) is 25.1 Å². The number of aromatic nitrogens is 2. The monoisotopic (exact) mass is 414 g/mol. The molecule has 11 heteroatoms. The van der Waals surface area contributed by atoms with Crippen LogP contribution in [0, 0.1) is 13.8 Å². The Labute approximate surface area is 166 Å². The van der Waals surface area contributed by atoms with Gasteiger partial charge in [0.15, 0.2) is 0 Å². The molecule has 0 spiro atoms. The molecule has 0 saturated carbocycles. The lowest BCUT2D eigenvalue weighted by atomic mass is 10.2. The summed E-state index contributed by atoms with van der Waals surface area (Å²) in [4.78, 5) is 29.9. The number of rotatable bonds is 9. The van der Waals surface area contributed by atoms with E-state index in [1.165, 1.54) is 10.4 Å². The Bertz CT molecular complexity index is 784. The number of carbonyl (C=O) groups is 2. The number of carboxylic acids is 2. The second kappa shape index (κ2) is 12.2. The minimum absolute atomic E-state index is 0.633. The van der Waals surface area contributed by atoms with E-state index >= 15 is 0 Å². The van der Waals surface area contributed by atoms with E-state index in [4.69, 9.17) is 29.3 Å². The van der Waals surface area contributed by atoms with Gasteiger partial charge in [0.1, 0.15) is 16.5 Å². The highest BCUT2D eigenvalue weighted by atomic mass is 32.1. The fraction of sp³-hybridized carbons (Fsp3) is 0.529. The Morgan fingerprint density at radius 1 is 1.04 bits per heavy atom. The third-order valence-electron chi connectivity index (χ3n) is 3.62. The zero-order valence-electron chi connectivity index (χ0n) is 16.4. The number of nitrogens with one attached hydrogen (secondary N) is 2. The minimum atomic E-state index is -1.82. The van der Waals surface area contributed by atoms with Crippen molar-refractivity contribution in [1.29, 1.82) is 0 Å². The molecule has 4 N–H and O–H groups in total. The molecule has 0 atom stereocenters. The van der Waals surface area contributed by atoms with Crippen molar-refractivity contribution in [2.75, 3.05) is 45.8 Å². The molecule has 0 fully saturated rings. The van der Waals surface area contributed by atoms with Crippen LogP contribution >= 0.6 is 11.3 Å². The lowest BCUT2D eigenvalue weighted by Crippen LogP contribution is -2.20. The zero-order valence-corrected chi connectivity index (χ0v) is 17.2. The molecule has 0 bridgehead atoms. The van der Waals surface area contributed by atoms with Crippen LogP contribution in [-0.4, -0.2) is 72.6 Å². The summed E-state index contributed by atoms with van der Waals surface area (Å²) in [5.74, 6) is -1.96. The van der Waals surface area contributed by atoms with E-state index in [0.717, 1.165) is 34.9 Å². The molecule has 156 valence electrons. The first-order chi connectivity index (χ1) is 13.3. The normalized spacial score (nSPS) is 10.4. The summed E-state index contributed by atoms with van der Waals surface area (Å²) in [6, 6.07) is 0. The van der Waals surface area contributed by atoms with Gasteiger partial charge in [0.2, 0.25) is 0 Å². The van der Waals surface area contributed by atoms with E-state index in [1.807, 2.05) is 0 Å². The molecule has 0 radical (unpaired) electrons. The topological polar surface area (TPSA) is 143 Å². The molecule has 28 heavy (non-hydrogen) atoms. The number of aliphatic carboxylic acids is 2. The van der Waals surface area contributed by atoms with E-state index in [-0.39, 0.29) is 0 Å². The smallest absolute Gasteiger partial charge is 0.414 e. The summed E-state index contributed by atoms with van der Waals surface area (Å²) in [5.41, 5.74) is 1.25. The largest absolute Gasteiger partial charge is 0.473 e. The van der Waals surface area contributed by atoms with Gasteiger partial charge in [-0.05, 0) is 19.4 Å². The van der Waals surface area contributed by atoms with Crippen molar-refractivity contribution in [1.82, 2.24) is 15.3 Å². The lowest BCUT2D eigenvalue weighted by Gasteiger charge is -2.10. The number of ether oxygens (including phenoxy) is 2. The van der Waals surface area contributed by atoms with Crippen LogP contribution < -0.4 is 10.6 Å². The SMILES string of the molecule is COCCNCc1nc(NCCOC)c2c(C)c(C)sc2n1.O=C(O)C(=O)O. The van der Waals surface area contributed by atoms with Crippen molar-refractivity contribution in [2.24, 2.45) is 0 Å². The molecule has 0 unspecified atom stereocenters. The quantitative estimate of drug-likeness (QED) is 0.350. The Balaban J connectivity index is 0.000000568. The maximum absolute atomic E-state index is 9.10. The van der Waals surface area contributed by atoms with E-state index < -0.39 is 11.9 Å². The van der Waals surface area contributed by atoms with E-state index in [1.54, 1.807) is 25.6 Å². The Kier molecular flexibility index (Phi) is 10.3. The number of hydrogen-bond donors (Lipinski definition) is 4. The lowest BCUT2D eigenvalue weighted by molar-refractivity contribution is -0.159. The molecule has 2 aromatic heterocycles. The summed E-state index contributed by atoms with van der Waals surface area (Å²) >= 11 is 1.72. The Morgan fingerprint density at radius 2 is 1.64 bits per heavy atom. The third-order valence-corrected chi connectivity index (χ3v) is 4.72. The van der Waals surface area contributed by atoms with Crippen LogP contribution in [0.15, 0.2) is 0 Å². The highest BCUT2D eigenvalue weighted by Gasteiger charge is 2.14. The standard InChI is InChI=1S/C15H24N4O2S.C2H2O4/c1-10-11(2)22-15-13(10)14(17-6-8-21-4)18-12(19-15)9-16-5-7-20-3;3-1(4)2(5)6/h16H,5-9H2,1-4H3,(H,17,18,19);(H,3,4)(H,5,6). The van der Waals surface area contributed by atoms with Crippen LogP contribution in [0.25, 0.3) is 10.2 Å². The van der Waals surface area contributed by atoms with Gasteiger partial charge < -0.3 is 30.3 Å². The van der Waals surface area contributed by atoms with Crippen molar-refractivity contribution >= 4 is 39.3 Å². The van der Waals surface area contributed by atoms with Crippen LogP contribution in [-0.2, 0) is 25.6 Å². The molecule has 0 aliphatic rings. The van der Waals surface area contributed by atoms with E-state index in [2.05, 4.69) is 34.4 Å². The summed E-state index contributed by atoms with van der Waals surface area (Å²) in [6.45, 7) is 7.72. The van der Waals surface area contributed by atoms with E-state index in [0.29, 0.717) is 19.8 Å². The fourth-order valence-corrected chi connectivity index (χ4v) is 3.19. The van der Waals surface area contributed by atoms with Crippen molar-refractivity contribution in [3.63, 3.8) is 0 Å². The number of aryl methyl sites for hydroxylation is 2. The number of methoxy groups -OCH3 is 2. The summed E-state index contributed by atoms with van der Waals surface area (Å²) in [6.07, 6.45) is 0. The molecule has 10 nitrogen and oxygen atoms in total. The number of fused-ring (bicyclic) bond motifs is 1. The number of anilines is 1. The second-order valence-corrected chi connectivity index (χ2v) is 6.85. The van der Waals surface area contributed by atoms with E-state index in [9.17, 15) is 0 Å². The predicted molar refractivity (Wildman–Crippen MR) is 106 cm³/mol. The number of hydrogen-bond acceptors (Lipinski definition) is 9. The fourth-order valence-electron chi connectivity index (χ4n) is 2.15. The van der Waals surface area contributed by atoms with Crippen molar-refractivity contribution in [2.45, 2.75) is 20.4 Å². The molecule has 2 rings (SSSR count). The number of nitrogens with zero attached hydrogens (tertiary/aromatic N) is 2. The zero-order chi connectivity index (χ0) is 21.1. The van der Waals surface area contributed by atoms with Crippen molar-refractivity contribution < 1.29 is 29.3 Å². The maximum Gasteiger partial charge on any atom is 0.414 e. The van der Waals surface area contributed by atoms with Gasteiger partial charge in [-0.3, -0.25) is 0 Å². The summed E-state index contributed by atoms with van der Waals surface area (Å²) in [7, 11) is 3.39. The van der Waals surface area contributed by atoms with Gasteiger partial charge in [0.25, 0.3) is 0 Å². The first kappa shape index (κ1) is 23.7. The van der Waals surface area contributed by atoms with Gasteiger partial charge in [-0.25, -0.2) is 19.6 Å². The van der Waals surface area contributed by atoms with Gasteiger partial charge >= 0.3 is 11.9 Å². The predicted octanol–water partition coefficient (Wildman–Crippen LogP) is 1.26. The maximum atomic E-state index is 9.10. The third kappa shape index (κ3) is 7.35.